The zero-order chi connectivity index (χ0) is 28.8. The summed E-state index contributed by atoms with van der Waals surface area (Å²) in [6.45, 7) is 3.11. The molecule has 0 aliphatic carbocycles. The van der Waals surface area contributed by atoms with Crippen molar-refractivity contribution in [1.29, 1.82) is 0 Å². The Morgan fingerprint density at radius 2 is 1.93 bits per heavy atom. The van der Waals surface area contributed by atoms with Gasteiger partial charge in [-0.2, -0.15) is 5.10 Å². The number of halogens is 1. The van der Waals surface area contributed by atoms with E-state index >= 15 is 0 Å². The van der Waals surface area contributed by atoms with Gasteiger partial charge >= 0.3 is 0 Å². The summed E-state index contributed by atoms with van der Waals surface area (Å²) >= 11 is 0. The van der Waals surface area contributed by atoms with Gasteiger partial charge in [0.1, 0.15) is 11.6 Å². The third-order valence-electron chi connectivity index (χ3n) is 7.59. The van der Waals surface area contributed by atoms with Crippen molar-refractivity contribution in [3.8, 4) is 33.8 Å². The summed E-state index contributed by atoms with van der Waals surface area (Å²) in [4.78, 5) is 21.5. The Kier molecular flexibility index (Phi) is 6.52. The fraction of sp³-hybridized carbons (Fsp3) is 0.226. The first-order valence-corrected chi connectivity index (χ1v) is 13.9. The molecular weight excluding hydrogens is 531 g/mol. The first-order chi connectivity index (χ1) is 20.4. The predicted molar refractivity (Wildman–Crippen MR) is 165 cm³/mol. The lowest BCUT2D eigenvalue weighted by Gasteiger charge is -2.37. The second-order valence-electron chi connectivity index (χ2n) is 11.0. The first-order valence-electron chi connectivity index (χ1n) is 13.9. The molecular formula is C31H31FN10. The average Bonchev–Trinajstić information content (AvgIpc) is 3.59. The molecule has 0 spiro atoms. The third kappa shape index (κ3) is 4.93. The average molecular weight is 563 g/mol. The Labute approximate surface area is 241 Å². The number of aromatic nitrogens is 6. The second kappa shape index (κ2) is 10.5. The molecule has 6 aromatic rings. The molecule has 5 N–H and O–H groups in total. The normalized spacial score (nSPS) is 13.8. The highest BCUT2D eigenvalue weighted by Crippen LogP contribution is 2.36. The lowest BCUT2D eigenvalue weighted by molar-refractivity contribution is 0.425. The maximum Gasteiger partial charge on any atom is 0.181 e. The molecule has 212 valence electrons. The van der Waals surface area contributed by atoms with Crippen LogP contribution in [0.5, 0.6) is 0 Å². The van der Waals surface area contributed by atoms with Gasteiger partial charge in [0, 0.05) is 66.0 Å². The summed E-state index contributed by atoms with van der Waals surface area (Å²) in [5, 5.41) is 12.8. The zero-order valence-corrected chi connectivity index (χ0v) is 23.4. The van der Waals surface area contributed by atoms with Crippen molar-refractivity contribution in [3.63, 3.8) is 0 Å². The fourth-order valence-corrected chi connectivity index (χ4v) is 5.40. The number of rotatable bonds is 8. The number of aromatic amines is 2. The van der Waals surface area contributed by atoms with Crippen molar-refractivity contribution in [3.05, 3.63) is 72.9 Å². The van der Waals surface area contributed by atoms with Gasteiger partial charge in [-0.05, 0) is 61.6 Å². The van der Waals surface area contributed by atoms with Crippen molar-refractivity contribution in [2.45, 2.75) is 6.04 Å². The second-order valence-corrected chi connectivity index (χ2v) is 11.0. The molecule has 1 aliphatic rings. The van der Waals surface area contributed by atoms with E-state index in [9.17, 15) is 4.39 Å². The largest absolute Gasteiger partial charge is 0.384 e. The Morgan fingerprint density at radius 3 is 2.76 bits per heavy atom. The Balaban J connectivity index is 1.24. The maximum absolute atomic E-state index is 14.7. The minimum absolute atomic E-state index is 0.173. The molecule has 2 aromatic carbocycles. The first kappa shape index (κ1) is 26.1. The number of pyridine rings is 1. The summed E-state index contributed by atoms with van der Waals surface area (Å²) in [5.41, 5.74) is 13.2. The molecule has 0 saturated carbocycles. The van der Waals surface area contributed by atoms with E-state index in [1.54, 1.807) is 24.7 Å². The van der Waals surface area contributed by atoms with E-state index in [4.69, 9.17) is 10.7 Å². The summed E-state index contributed by atoms with van der Waals surface area (Å²) in [5.74, 6) is 0.521. The van der Waals surface area contributed by atoms with E-state index in [2.05, 4.69) is 46.3 Å². The van der Waals surface area contributed by atoms with Crippen molar-refractivity contribution in [1.82, 2.24) is 35.0 Å². The van der Waals surface area contributed by atoms with Crippen LogP contribution in [0.25, 0.3) is 55.7 Å². The molecule has 4 aromatic heterocycles. The smallest absolute Gasteiger partial charge is 0.181 e. The van der Waals surface area contributed by atoms with Crippen LogP contribution >= 0.6 is 0 Å². The molecule has 0 amide bonds. The highest BCUT2D eigenvalue weighted by molar-refractivity contribution is 6.01. The molecule has 0 atom stereocenters. The van der Waals surface area contributed by atoms with Gasteiger partial charge in [-0.3, -0.25) is 10.1 Å². The molecule has 42 heavy (non-hydrogen) atoms. The quantitative estimate of drug-likeness (QED) is 0.214. The lowest BCUT2D eigenvalue weighted by Crippen LogP contribution is -2.56. The standard InChI is InChI=1S/C31H31FN10/c1-41(2)7-6-35-22-9-18(8-20(32)11-22)23-4-3-5-26-24(23)12-27(37-26)30-25-10-19(13-36-31(25)40-39-30)28-14-34-15-29(38-28)42-16-21(33)17-42/h3-5,8-15,21,35,37H,6-7,16-17,33H2,1-2H3,(H,36,39,40). The molecule has 7 rings (SSSR count). The van der Waals surface area contributed by atoms with Gasteiger partial charge < -0.3 is 25.8 Å². The Bertz CT molecular complexity index is 1900. The molecule has 0 unspecified atom stereocenters. The van der Waals surface area contributed by atoms with Gasteiger partial charge in [0.15, 0.2) is 5.65 Å². The Hall–Kier alpha value is -4.87. The van der Waals surface area contributed by atoms with Crippen LogP contribution in [0.15, 0.2) is 67.1 Å². The number of likely N-dealkylation sites (N-methyl/N-ethyl adjacent to an activating group) is 1. The van der Waals surface area contributed by atoms with Crippen molar-refractivity contribution in [2.75, 3.05) is 50.5 Å². The molecule has 1 aliphatic heterocycles. The van der Waals surface area contributed by atoms with Crippen LogP contribution in [0, 0.1) is 5.82 Å². The van der Waals surface area contributed by atoms with Crippen LogP contribution in [0.4, 0.5) is 15.9 Å². The Morgan fingerprint density at radius 1 is 1.05 bits per heavy atom. The highest BCUT2D eigenvalue weighted by atomic mass is 19.1. The number of nitrogens with one attached hydrogen (secondary N) is 3. The van der Waals surface area contributed by atoms with Gasteiger partial charge in [0.25, 0.3) is 0 Å². The van der Waals surface area contributed by atoms with Gasteiger partial charge in [0.05, 0.1) is 29.5 Å². The fourth-order valence-electron chi connectivity index (χ4n) is 5.40. The van der Waals surface area contributed by atoms with Crippen molar-refractivity contribution < 1.29 is 4.39 Å². The van der Waals surface area contributed by atoms with E-state index in [0.29, 0.717) is 5.65 Å². The number of hydrogen-bond acceptors (Lipinski definition) is 8. The van der Waals surface area contributed by atoms with E-state index in [-0.39, 0.29) is 11.9 Å². The maximum atomic E-state index is 14.7. The van der Waals surface area contributed by atoms with Crippen LogP contribution in [-0.4, -0.2) is 81.3 Å². The minimum Gasteiger partial charge on any atom is -0.384 e. The number of fused-ring (bicyclic) bond motifs is 2. The molecule has 0 bridgehead atoms. The van der Waals surface area contributed by atoms with Gasteiger partial charge in [-0.25, -0.2) is 14.4 Å². The molecule has 5 heterocycles. The van der Waals surface area contributed by atoms with E-state index in [1.807, 2.05) is 44.4 Å². The van der Waals surface area contributed by atoms with Crippen LogP contribution in [0.2, 0.25) is 0 Å². The van der Waals surface area contributed by atoms with E-state index in [0.717, 1.165) is 87.7 Å². The van der Waals surface area contributed by atoms with Crippen molar-refractivity contribution >= 4 is 33.4 Å². The minimum atomic E-state index is -0.282. The zero-order valence-electron chi connectivity index (χ0n) is 23.4. The molecule has 10 nitrogen and oxygen atoms in total. The van der Waals surface area contributed by atoms with Crippen LogP contribution in [-0.2, 0) is 0 Å². The summed E-state index contributed by atoms with van der Waals surface area (Å²) < 4.78 is 14.7. The summed E-state index contributed by atoms with van der Waals surface area (Å²) in [7, 11) is 4.03. The molecule has 1 saturated heterocycles. The summed E-state index contributed by atoms with van der Waals surface area (Å²) in [6.07, 6.45) is 5.26. The number of hydrogen-bond donors (Lipinski definition) is 4. The highest BCUT2D eigenvalue weighted by Gasteiger charge is 2.25. The number of nitrogens with two attached hydrogens (primary N) is 1. The van der Waals surface area contributed by atoms with Gasteiger partial charge in [0.2, 0.25) is 0 Å². The van der Waals surface area contributed by atoms with Crippen LogP contribution in [0.3, 0.4) is 0 Å². The lowest BCUT2D eigenvalue weighted by atomic mass is 10.0. The number of H-pyrrole nitrogens is 2. The SMILES string of the molecule is CN(C)CCNc1cc(F)cc(-c2cccc3[nH]c(-c4[nH]nc5ncc(-c6cncc(N7CC(N)C7)n6)cc45)cc23)c1. The predicted octanol–water partition coefficient (Wildman–Crippen LogP) is 4.49. The molecule has 0 radical (unpaired) electrons. The molecule has 1 fully saturated rings. The van der Waals surface area contributed by atoms with E-state index < -0.39 is 0 Å². The number of nitrogens with zero attached hydrogens (tertiary/aromatic N) is 6. The van der Waals surface area contributed by atoms with Crippen LogP contribution < -0.4 is 16.0 Å². The number of anilines is 2. The summed E-state index contributed by atoms with van der Waals surface area (Å²) in [6, 6.07) is 15.4. The van der Waals surface area contributed by atoms with E-state index in [1.165, 1.54) is 6.07 Å². The van der Waals surface area contributed by atoms with Gasteiger partial charge in [-0.1, -0.05) is 12.1 Å². The third-order valence-corrected chi connectivity index (χ3v) is 7.59. The number of benzene rings is 2. The molecule has 11 heteroatoms. The van der Waals surface area contributed by atoms with Crippen LogP contribution in [0.1, 0.15) is 0 Å². The van der Waals surface area contributed by atoms with Gasteiger partial charge in [-0.15, -0.1) is 0 Å². The monoisotopic (exact) mass is 562 g/mol. The topological polar surface area (TPSA) is 128 Å². The van der Waals surface area contributed by atoms with Crippen molar-refractivity contribution in [2.24, 2.45) is 5.73 Å².